The zero-order chi connectivity index (χ0) is 5.28. The Bertz CT molecular complexity index is 220. The van der Waals surface area contributed by atoms with Crippen LogP contribution in [0.1, 0.15) is 0 Å². The van der Waals surface area contributed by atoms with E-state index in [1.807, 2.05) is 0 Å². The number of hydrogen-bond donors (Lipinski definition) is 2. The van der Waals surface area contributed by atoms with Gasteiger partial charge >= 0.3 is 0 Å². The molecule has 0 fully saturated rings. The van der Waals surface area contributed by atoms with E-state index in [1.165, 1.54) is 11.5 Å². The molecule has 0 aliphatic rings. The topological polar surface area (TPSA) is 31.6 Å². The first-order valence-electron chi connectivity index (χ1n) is 1.57. The van der Waals surface area contributed by atoms with Gasteiger partial charge in [-0.3, -0.25) is 9.59 Å². The smallest absolute Gasteiger partial charge is 0.148 e. The summed E-state index contributed by atoms with van der Waals surface area (Å²) in [5, 5.41) is 2.67. The molecule has 1 heterocycles. The third-order valence-corrected chi connectivity index (χ3v) is 2.11. The Morgan fingerprint density at radius 2 is 2.00 bits per heavy atom. The van der Waals surface area contributed by atoms with Crippen LogP contribution < -0.4 is 0 Å². The van der Waals surface area contributed by atoms with Crippen LogP contribution in [0.25, 0.3) is 0 Å². The molecule has 0 unspecified atom stereocenters. The van der Waals surface area contributed by atoms with Gasteiger partial charge in [0.15, 0.2) is 0 Å². The number of aromatic nitrogens is 2. The summed E-state index contributed by atoms with van der Waals surface area (Å²) in [6.07, 6.45) is 0. The molecule has 2 N–H and O–H groups in total. The number of aromatic amines is 2. The van der Waals surface area contributed by atoms with Crippen LogP contribution in [0.5, 0.6) is 0 Å². The van der Waals surface area contributed by atoms with Crippen molar-refractivity contribution in [1.29, 1.82) is 0 Å². The van der Waals surface area contributed by atoms with Crippen molar-refractivity contribution in [3.8, 4) is 0 Å². The molecule has 0 aliphatic heterocycles. The summed E-state index contributed by atoms with van der Waals surface area (Å²) in [6.45, 7) is 0. The van der Waals surface area contributed by atoms with Crippen molar-refractivity contribution < 1.29 is 19.5 Å². The Hall–Kier alpha value is 0.623. The first kappa shape index (κ1) is 8.62. The Morgan fingerprint density at radius 3 is 2.12 bits per heavy atom. The third-order valence-electron chi connectivity index (χ3n) is 0.494. The van der Waals surface area contributed by atoms with Crippen molar-refractivity contribution in [2.45, 2.75) is 0 Å². The second kappa shape index (κ2) is 3.61. The largest absolute Gasteiger partial charge is 0.280 e. The van der Waals surface area contributed by atoms with Gasteiger partial charge in [0.05, 0.1) is 0 Å². The van der Waals surface area contributed by atoms with Crippen LogP contribution in [0.2, 0.25) is 0 Å². The van der Waals surface area contributed by atoms with Crippen LogP contribution >= 0.6 is 36.0 Å². The average Bonchev–Trinajstić information content (AvgIpc) is 1.91. The zero-order valence-corrected chi connectivity index (χ0v) is 9.35. The number of rotatable bonds is 0. The standard InChI is InChI=1S/C2H2N2S3.Zn/c5-1-2(6)7-4-3-1;/h4H,(H,3,5);. The number of hydrogen-bond acceptors (Lipinski definition) is 3. The molecule has 0 saturated heterocycles. The van der Waals surface area contributed by atoms with E-state index in [4.69, 9.17) is 24.4 Å². The van der Waals surface area contributed by atoms with Crippen LogP contribution in [-0.2, 0) is 19.5 Å². The van der Waals surface area contributed by atoms with Gasteiger partial charge in [-0.25, -0.2) is 0 Å². The van der Waals surface area contributed by atoms with E-state index >= 15 is 0 Å². The second-order valence-electron chi connectivity index (χ2n) is 0.946. The van der Waals surface area contributed by atoms with Crippen LogP contribution in [0.15, 0.2) is 0 Å². The Balaban J connectivity index is 0.000000490. The predicted octanol–water partition coefficient (Wildman–Crippen LogP) is 1.86. The van der Waals surface area contributed by atoms with E-state index in [-0.39, 0.29) is 19.5 Å². The molecular formula is C2H2N2S3Zn. The Kier molecular flexibility index (Phi) is 3.89. The van der Waals surface area contributed by atoms with Crippen molar-refractivity contribution >= 4 is 36.0 Å². The normalized spacial score (nSPS) is 8.00. The summed E-state index contributed by atoms with van der Waals surface area (Å²) in [6, 6.07) is 0. The van der Waals surface area contributed by atoms with Gasteiger partial charge in [0.25, 0.3) is 0 Å². The second-order valence-corrected chi connectivity index (χ2v) is 2.84. The molecule has 0 atom stereocenters. The van der Waals surface area contributed by atoms with Crippen molar-refractivity contribution in [1.82, 2.24) is 9.59 Å². The van der Waals surface area contributed by atoms with Crippen LogP contribution in [0, 0.1) is 8.46 Å². The summed E-state index contributed by atoms with van der Waals surface area (Å²) < 4.78 is 4.05. The van der Waals surface area contributed by atoms with Gasteiger partial charge in [0.2, 0.25) is 0 Å². The summed E-state index contributed by atoms with van der Waals surface area (Å²) in [7, 11) is 0. The molecule has 0 aromatic carbocycles. The van der Waals surface area contributed by atoms with Gasteiger partial charge in [0, 0.05) is 19.5 Å². The summed E-state index contributed by atoms with van der Waals surface area (Å²) in [5.74, 6) is 0. The predicted molar refractivity (Wildman–Crippen MR) is 34.7 cm³/mol. The molecule has 0 amide bonds. The molecule has 1 aromatic heterocycles. The maximum Gasteiger partial charge on any atom is 0.148 e. The molecule has 0 radical (unpaired) electrons. The van der Waals surface area contributed by atoms with Crippen molar-refractivity contribution in [3.05, 3.63) is 8.46 Å². The summed E-state index contributed by atoms with van der Waals surface area (Å²) in [5.41, 5.74) is 0. The molecule has 0 spiro atoms. The van der Waals surface area contributed by atoms with E-state index in [2.05, 4.69) is 9.59 Å². The van der Waals surface area contributed by atoms with E-state index in [0.717, 1.165) is 3.82 Å². The van der Waals surface area contributed by atoms with Gasteiger partial charge in [-0.2, -0.15) is 0 Å². The SMILES string of the molecule is S=c1[nH][nH]sc1=S.[Zn]. The molecule has 8 heavy (non-hydrogen) atoms. The number of H-pyrrole nitrogens is 2. The fourth-order valence-electron chi connectivity index (χ4n) is 0.216. The van der Waals surface area contributed by atoms with Crippen molar-refractivity contribution in [3.63, 3.8) is 0 Å². The van der Waals surface area contributed by atoms with Gasteiger partial charge in [-0.05, 0) is 11.5 Å². The summed E-state index contributed by atoms with van der Waals surface area (Å²) >= 11 is 10.8. The van der Waals surface area contributed by atoms with Gasteiger partial charge in [-0.15, -0.1) is 0 Å². The molecule has 40 valence electrons. The van der Waals surface area contributed by atoms with E-state index in [1.54, 1.807) is 0 Å². The van der Waals surface area contributed by atoms with Crippen LogP contribution in [-0.4, -0.2) is 9.59 Å². The fraction of sp³-hybridized carbons (Fsp3) is 0. The maximum atomic E-state index is 4.74. The van der Waals surface area contributed by atoms with Gasteiger partial charge in [0.1, 0.15) is 8.46 Å². The molecule has 2 nitrogen and oxygen atoms in total. The molecule has 0 saturated carbocycles. The summed E-state index contributed by atoms with van der Waals surface area (Å²) in [4.78, 5) is 0. The number of nitrogens with one attached hydrogen (secondary N) is 2. The zero-order valence-electron chi connectivity index (χ0n) is 3.93. The van der Waals surface area contributed by atoms with Crippen LogP contribution in [0.4, 0.5) is 0 Å². The molecule has 0 aliphatic carbocycles. The van der Waals surface area contributed by atoms with Gasteiger partial charge < -0.3 is 0 Å². The molecule has 0 bridgehead atoms. The van der Waals surface area contributed by atoms with Crippen molar-refractivity contribution in [2.75, 3.05) is 0 Å². The minimum Gasteiger partial charge on any atom is -0.280 e. The minimum absolute atomic E-state index is 0. The fourth-order valence-corrected chi connectivity index (χ4v) is 1.02. The molecule has 1 aromatic rings. The van der Waals surface area contributed by atoms with Crippen molar-refractivity contribution in [2.24, 2.45) is 0 Å². The van der Waals surface area contributed by atoms with E-state index in [0.29, 0.717) is 4.64 Å². The van der Waals surface area contributed by atoms with E-state index in [9.17, 15) is 0 Å². The van der Waals surface area contributed by atoms with E-state index < -0.39 is 0 Å². The van der Waals surface area contributed by atoms with Gasteiger partial charge in [-0.1, -0.05) is 24.4 Å². The molecule has 6 heteroatoms. The Morgan fingerprint density at radius 1 is 1.38 bits per heavy atom. The Labute approximate surface area is 73.2 Å². The molecular weight excluding hydrogens is 214 g/mol. The minimum atomic E-state index is 0. The maximum absolute atomic E-state index is 4.74. The molecule has 1 rings (SSSR count). The first-order valence-corrected chi connectivity index (χ1v) is 3.20. The quantitative estimate of drug-likeness (QED) is 0.511. The van der Waals surface area contributed by atoms with Crippen LogP contribution in [0.3, 0.4) is 0 Å². The third kappa shape index (κ3) is 1.86. The average molecular weight is 216 g/mol. The first-order chi connectivity index (χ1) is 3.30. The monoisotopic (exact) mass is 214 g/mol.